The number of amides is 1. The summed E-state index contributed by atoms with van der Waals surface area (Å²) in [6.07, 6.45) is 3.14. The number of carbonyl (C=O) groups is 1. The van der Waals surface area contributed by atoms with Crippen LogP contribution in [0, 0.1) is 0 Å². The van der Waals surface area contributed by atoms with E-state index in [1.807, 2.05) is 20.8 Å². The summed E-state index contributed by atoms with van der Waals surface area (Å²) in [6.45, 7) is 9.08. The summed E-state index contributed by atoms with van der Waals surface area (Å²) in [4.78, 5) is 25.1. The summed E-state index contributed by atoms with van der Waals surface area (Å²) < 4.78 is 5.47. The Morgan fingerprint density at radius 3 is 2.86 bits per heavy atom. The van der Waals surface area contributed by atoms with Gasteiger partial charge in [0.2, 0.25) is 0 Å². The molecule has 0 aromatic carbocycles. The van der Waals surface area contributed by atoms with E-state index in [2.05, 4.69) is 16.9 Å². The topological polar surface area (TPSA) is 55.3 Å². The third kappa shape index (κ3) is 2.79. The Balaban J connectivity index is 1.90. The first kappa shape index (κ1) is 15.2. The minimum absolute atomic E-state index is 0.239. The van der Waals surface area contributed by atoms with Crippen LogP contribution in [0.15, 0.2) is 6.33 Å². The van der Waals surface area contributed by atoms with Crippen LogP contribution in [0.25, 0.3) is 10.2 Å². The summed E-state index contributed by atoms with van der Waals surface area (Å²) in [5.74, 6) is 0. The largest absolute Gasteiger partial charge is 0.444 e. The molecular formula is C16H21N3O2S. The van der Waals surface area contributed by atoms with Gasteiger partial charge in [-0.1, -0.05) is 6.92 Å². The zero-order chi connectivity index (χ0) is 15.9. The third-order valence-corrected chi connectivity index (χ3v) is 4.83. The minimum atomic E-state index is -0.460. The second-order valence-electron chi connectivity index (χ2n) is 6.51. The molecule has 0 radical (unpaired) electrons. The van der Waals surface area contributed by atoms with Gasteiger partial charge < -0.3 is 9.64 Å². The summed E-state index contributed by atoms with van der Waals surface area (Å²) in [7, 11) is 0. The Morgan fingerprint density at radius 2 is 2.18 bits per heavy atom. The molecule has 1 amide bonds. The number of aryl methyl sites for hydroxylation is 1. The SMILES string of the molecule is CCc1ncnc2sc3c(c12)CCN(C(=O)OC(C)(C)C)C3. The van der Waals surface area contributed by atoms with Crippen LogP contribution in [0.3, 0.4) is 0 Å². The van der Waals surface area contributed by atoms with Crippen molar-refractivity contribution >= 4 is 27.6 Å². The average Bonchev–Trinajstić information content (AvgIpc) is 2.82. The summed E-state index contributed by atoms with van der Waals surface area (Å²) in [5, 5.41) is 1.20. The molecule has 0 spiro atoms. The Hall–Kier alpha value is -1.69. The summed E-state index contributed by atoms with van der Waals surface area (Å²) >= 11 is 1.67. The van der Waals surface area contributed by atoms with Gasteiger partial charge in [-0.25, -0.2) is 14.8 Å². The van der Waals surface area contributed by atoms with Crippen LogP contribution in [0.5, 0.6) is 0 Å². The van der Waals surface area contributed by atoms with Gasteiger partial charge in [0.05, 0.1) is 12.2 Å². The monoisotopic (exact) mass is 319 g/mol. The Labute approximate surface area is 134 Å². The van der Waals surface area contributed by atoms with E-state index in [1.54, 1.807) is 22.6 Å². The molecule has 118 valence electrons. The number of hydrogen-bond acceptors (Lipinski definition) is 5. The van der Waals surface area contributed by atoms with Gasteiger partial charge in [-0.3, -0.25) is 0 Å². The molecule has 0 saturated carbocycles. The first-order valence-electron chi connectivity index (χ1n) is 7.61. The van der Waals surface area contributed by atoms with Crippen molar-refractivity contribution in [3.05, 3.63) is 22.5 Å². The maximum absolute atomic E-state index is 12.2. The second kappa shape index (κ2) is 5.50. The Kier molecular flexibility index (Phi) is 3.80. The minimum Gasteiger partial charge on any atom is -0.444 e. The Bertz CT molecular complexity index is 718. The number of nitrogens with zero attached hydrogens (tertiary/aromatic N) is 3. The van der Waals surface area contributed by atoms with Crippen molar-refractivity contribution in [1.29, 1.82) is 0 Å². The van der Waals surface area contributed by atoms with Gasteiger partial charge in [0.1, 0.15) is 16.8 Å². The number of rotatable bonds is 1. The molecule has 0 aliphatic carbocycles. The van der Waals surface area contributed by atoms with Gasteiger partial charge in [0, 0.05) is 16.8 Å². The van der Waals surface area contributed by atoms with Crippen molar-refractivity contribution in [3.63, 3.8) is 0 Å². The molecule has 3 rings (SSSR count). The highest BCUT2D eigenvalue weighted by Gasteiger charge is 2.28. The number of fused-ring (bicyclic) bond motifs is 3. The maximum atomic E-state index is 12.2. The van der Waals surface area contributed by atoms with Crippen molar-refractivity contribution in [3.8, 4) is 0 Å². The zero-order valence-electron chi connectivity index (χ0n) is 13.5. The fourth-order valence-electron chi connectivity index (χ4n) is 2.74. The first-order chi connectivity index (χ1) is 10.4. The highest BCUT2D eigenvalue weighted by molar-refractivity contribution is 7.18. The second-order valence-corrected chi connectivity index (χ2v) is 7.59. The Morgan fingerprint density at radius 1 is 1.41 bits per heavy atom. The van der Waals surface area contributed by atoms with E-state index >= 15 is 0 Å². The number of hydrogen-bond donors (Lipinski definition) is 0. The van der Waals surface area contributed by atoms with Crippen molar-refractivity contribution < 1.29 is 9.53 Å². The molecule has 0 N–H and O–H groups in total. The van der Waals surface area contributed by atoms with Crippen molar-refractivity contribution in [2.75, 3.05) is 6.54 Å². The van der Waals surface area contributed by atoms with E-state index in [-0.39, 0.29) is 6.09 Å². The fourth-order valence-corrected chi connectivity index (χ4v) is 3.97. The van der Waals surface area contributed by atoms with Gasteiger partial charge in [-0.05, 0) is 39.2 Å². The molecular weight excluding hydrogens is 298 g/mol. The maximum Gasteiger partial charge on any atom is 0.410 e. The molecule has 0 fully saturated rings. The number of thiophene rings is 1. The average molecular weight is 319 g/mol. The van der Waals surface area contributed by atoms with Crippen LogP contribution < -0.4 is 0 Å². The van der Waals surface area contributed by atoms with Crippen molar-refractivity contribution in [2.45, 2.75) is 52.7 Å². The smallest absolute Gasteiger partial charge is 0.410 e. The van der Waals surface area contributed by atoms with E-state index in [4.69, 9.17) is 4.74 Å². The molecule has 0 unspecified atom stereocenters. The van der Waals surface area contributed by atoms with E-state index in [0.717, 1.165) is 23.4 Å². The van der Waals surface area contributed by atoms with E-state index in [0.29, 0.717) is 13.1 Å². The normalized spacial score (nSPS) is 15.0. The molecule has 6 heteroatoms. The molecule has 1 aliphatic heterocycles. The number of carbonyl (C=O) groups excluding carboxylic acids is 1. The van der Waals surface area contributed by atoms with Gasteiger partial charge in [0.15, 0.2) is 0 Å². The van der Waals surface area contributed by atoms with Crippen LogP contribution in [-0.2, 0) is 24.1 Å². The third-order valence-electron chi connectivity index (χ3n) is 3.70. The first-order valence-corrected chi connectivity index (χ1v) is 8.42. The molecule has 0 bridgehead atoms. The van der Waals surface area contributed by atoms with Crippen LogP contribution in [0.1, 0.15) is 43.8 Å². The van der Waals surface area contributed by atoms with Crippen LogP contribution in [-0.4, -0.2) is 33.1 Å². The zero-order valence-corrected chi connectivity index (χ0v) is 14.3. The molecule has 2 aromatic heterocycles. The predicted molar refractivity (Wildman–Crippen MR) is 87.1 cm³/mol. The highest BCUT2D eigenvalue weighted by Crippen LogP contribution is 2.35. The molecule has 1 aliphatic rings. The molecule has 2 aromatic rings. The van der Waals surface area contributed by atoms with Crippen LogP contribution in [0.2, 0.25) is 0 Å². The lowest BCUT2D eigenvalue weighted by atomic mass is 10.0. The quantitative estimate of drug-likeness (QED) is 0.806. The van der Waals surface area contributed by atoms with Gasteiger partial charge in [-0.2, -0.15) is 0 Å². The highest BCUT2D eigenvalue weighted by atomic mass is 32.1. The lowest BCUT2D eigenvalue weighted by Gasteiger charge is -2.30. The molecule has 3 heterocycles. The number of ether oxygens (including phenoxy) is 1. The molecule has 22 heavy (non-hydrogen) atoms. The summed E-state index contributed by atoms with van der Waals surface area (Å²) in [6, 6.07) is 0. The van der Waals surface area contributed by atoms with E-state index < -0.39 is 5.60 Å². The molecule has 5 nitrogen and oxygen atoms in total. The standard InChI is InChI=1S/C16H21N3O2S/c1-5-11-13-10-6-7-19(15(20)21-16(2,3)4)8-12(10)22-14(13)18-9-17-11/h9H,5-8H2,1-4H3. The van der Waals surface area contributed by atoms with Crippen LogP contribution >= 0.6 is 11.3 Å². The van der Waals surface area contributed by atoms with E-state index in [9.17, 15) is 4.79 Å². The lowest BCUT2D eigenvalue weighted by molar-refractivity contribution is 0.0227. The van der Waals surface area contributed by atoms with E-state index in [1.165, 1.54) is 15.8 Å². The molecule has 0 saturated heterocycles. The van der Waals surface area contributed by atoms with Gasteiger partial charge in [-0.15, -0.1) is 11.3 Å². The lowest BCUT2D eigenvalue weighted by Crippen LogP contribution is -2.39. The molecule has 0 atom stereocenters. The fraction of sp³-hybridized carbons (Fsp3) is 0.562. The van der Waals surface area contributed by atoms with Crippen LogP contribution in [0.4, 0.5) is 4.79 Å². The summed E-state index contributed by atoms with van der Waals surface area (Å²) in [5.41, 5.74) is 1.96. The van der Waals surface area contributed by atoms with Gasteiger partial charge in [0.25, 0.3) is 0 Å². The van der Waals surface area contributed by atoms with Gasteiger partial charge >= 0.3 is 6.09 Å². The predicted octanol–water partition coefficient (Wildman–Crippen LogP) is 3.55. The number of aromatic nitrogens is 2. The van der Waals surface area contributed by atoms with Crippen molar-refractivity contribution in [2.24, 2.45) is 0 Å². The van der Waals surface area contributed by atoms with Crippen molar-refractivity contribution in [1.82, 2.24) is 14.9 Å².